The average Bonchev–Trinajstić information content (AvgIpc) is 3.08. The third kappa shape index (κ3) is 3.86. The van der Waals surface area contributed by atoms with Gasteiger partial charge in [-0.2, -0.15) is 0 Å². The Bertz CT molecular complexity index is 434. The molecule has 0 radical (unpaired) electrons. The van der Waals surface area contributed by atoms with Gasteiger partial charge in [-0.05, 0) is 38.8 Å². The minimum Gasteiger partial charge on any atom is -0.338 e. The molecule has 0 atom stereocenters. The highest BCUT2D eigenvalue weighted by atomic mass is 16.2. The normalized spacial score (nSPS) is 25.6. The Morgan fingerprint density at radius 1 is 0.783 bits per heavy atom. The molecule has 130 valence electrons. The molecule has 3 rings (SSSR count). The third-order valence-electron chi connectivity index (χ3n) is 5.65. The van der Waals surface area contributed by atoms with Crippen LogP contribution in [0.3, 0.4) is 0 Å². The highest BCUT2D eigenvalue weighted by Crippen LogP contribution is 2.28. The lowest BCUT2D eigenvalue weighted by atomic mass is 9.81. The molecule has 2 saturated heterocycles. The fourth-order valence-electron chi connectivity index (χ4n) is 4.10. The van der Waals surface area contributed by atoms with Crippen LogP contribution in [0.15, 0.2) is 0 Å². The van der Waals surface area contributed by atoms with Gasteiger partial charge in [0.15, 0.2) is 0 Å². The van der Waals surface area contributed by atoms with Crippen LogP contribution in [0, 0.1) is 0 Å². The van der Waals surface area contributed by atoms with Crippen LogP contribution in [0.25, 0.3) is 0 Å². The Kier molecular flexibility index (Phi) is 5.21. The molecule has 0 aromatic carbocycles. The largest absolute Gasteiger partial charge is 0.338 e. The first-order valence-corrected chi connectivity index (χ1v) is 9.17. The van der Waals surface area contributed by atoms with Crippen molar-refractivity contribution in [2.45, 2.75) is 50.5 Å². The average molecular weight is 322 g/mol. The number of nitrogens with two attached hydrogens (primary N) is 1. The van der Waals surface area contributed by atoms with Crippen molar-refractivity contribution in [1.82, 2.24) is 14.7 Å². The SMILES string of the molecule is NC1(C(=O)N2CCN(C(=O)CN3CCCC3)CC2)CCCCC1. The number of carbonyl (C=O) groups excluding carboxylic acids is 2. The van der Waals surface area contributed by atoms with Crippen molar-refractivity contribution in [1.29, 1.82) is 0 Å². The van der Waals surface area contributed by atoms with Crippen LogP contribution in [-0.2, 0) is 9.59 Å². The van der Waals surface area contributed by atoms with E-state index in [4.69, 9.17) is 5.73 Å². The van der Waals surface area contributed by atoms with Gasteiger partial charge in [-0.15, -0.1) is 0 Å². The molecule has 2 N–H and O–H groups in total. The van der Waals surface area contributed by atoms with Crippen LogP contribution >= 0.6 is 0 Å². The third-order valence-corrected chi connectivity index (χ3v) is 5.65. The highest BCUT2D eigenvalue weighted by molar-refractivity contribution is 5.86. The van der Waals surface area contributed by atoms with Gasteiger partial charge in [0.2, 0.25) is 11.8 Å². The van der Waals surface area contributed by atoms with Crippen LogP contribution in [0.4, 0.5) is 0 Å². The van der Waals surface area contributed by atoms with E-state index >= 15 is 0 Å². The zero-order chi connectivity index (χ0) is 16.3. The van der Waals surface area contributed by atoms with Gasteiger partial charge in [0.25, 0.3) is 0 Å². The van der Waals surface area contributed by atoms with E-state index in [1.54, 1.807) is 0 Å². The molecule has 0 aromatic heterocycles. The van der Waals surface area contributed by atoms with Gasteiger partial charge in [0.1, 0.15) is 0 Å². The lowest BCUT2D eigenvalue weighted by Crippen LogP contribution is -2.61. The van der Waals surface area contributed by atoms with Crippen molar-refractivity contribution < 1.29 is 9.59 Å². The van der Waals surface area contributed by atoms with Gasteiger partial charge in [-0.1, -0.05) is 19.3 Å². The summed E-state index contributed by atoms with van der Waals surface area (Å²) in [7, 11) is 0. The fourth-order valence-corrected chi connectivity index (χ4v) is 4.10. The predicted molar refractivity (Wildman–Crippen MR) is 88.8 cm³/mol. The molecule has 0 aromatic rings. The van der Waals surface area contributed by atoms with E-state index in [0.29, 0.717) is 32.7 Å². The zero-order valence-corrected chi connectivity index (χ0v) is 14.1. The standard InChI is InChI=1S/C17H30N4O2/c18-17(6-2-1-3-7-17)16(23)21-12-10-20(11-13-21)15(22)14-19-8-4-5-9-19/h1-14,18H2. The topological polar surface area (TPSA) is 69.9 Å². The van der Waals surface area contributed by atoms with Gasteiger partial charge in [-0.3, -0.25) is 14.5 Å². The monoisotopic (exact) mass is 322 g/mol. The van der Waals surface area contributed by atoms with Crippen molar-refractivity contribution in [2.24, 2.45) is 5.73 Å². The number of rotatable bonds is 3. The van der Waals surface area contributed by atoms with Crippen LogP contribution in [0.2, 0.25) is 0 Å². The number of likely N-dealkylation sites (tertiary alicyclic amines) is 1. The molecular formula is C17H30N4O2. The van der Waals surface area contributed by atoms with Crippen molar-refractivity contribution >= 4 is 11.8 Å². The fraction of sp³-hybridized carbons (Fsp3) is 0.882. The molecule has 2 aliphatic heterocycles. The molecule has 0 unspecified atom stereocenters. The van der Waals surface area contributed by atoms with Gasteiger partial charge in [0.05, 0.1) is 12.1 Å². The summed E-state index contributed by atoms with van der Waals surface area (Å²) >= 11 is 0. The Morgan fingerprint density at radius 2 is 1.35 bits per heavy atom. The maximum Gasteiger partial charge on any atom is 0.242 e. The van der Waals surface area contributed by atoms with Crippen LogP contribution in [0.1, 0.15) is 44.9 Å². The maximum absolute atomic E-state index is 12.7. The van der Waals surface area contributed by atoms with Gasteiger partial charge < -0.3 is 15.5 Å². The summed E-state index contributed by atoms with van der Waals surface area (Å²) in [5.41, 5.74) is 5.71. The van der Waals surface area contributed by atoms with E-state index in [1.807, 2.05) is 9.80 Å². The molecule has 23 heavy (non-hydrogen) atoms. The first-order chi connectivity index (χ1) is 11.1. The smallest absolute Gasteiger partial charge is 0.242 e. The van der Waals surface area contributed by atoms with Crippen LogP contribution in [0.5, 0.6) is 0 Å². The Morgan fingerprint density at radius 3 is 1.96 bits per heavy atom. The molecule has 6 nitrogen and oxygen atoms in total. The van der Waals surface area contributed by atoms with Crippen molar-refractivity contribution in [2.75, 3.05) is 45.8 Å². The summed E-state index contributed by atoms with van der Waals surface area (Å²) in [6, 6.07) is 0. The molecule has 0 bridgehead atoms. The number of amides is 2. The molecule has 1 aliphatic carbocycles. The summed E-state index contributed by atoms with van der Waals surface area (Å²) in [6.45, 7) is 5.17. The Hall–Kier alpha value is -1.14. The molecule has 3 aliphatic rings. The molecule has 1 saturated carbocycles. The second-order valence-corrected chi connectivity index (χ2v) is 7.37. The van der Waals surface area contributed by atoms with Gasteiger partial charge in [-0.25, -0.2) is 0 Å². The van der Waals surface area contributed by atoms with Crippen molar-refractivity contribution in [3.63, 3.8) is 0 Å². The van der Waals surface area contributed by atoms with Gasteiger partial charge >= 0.3 is 0 Å². The number of carbonyl (C=O) groups is 2. The first kappa shape index (κ1) is 16.7. The minimum absolute atomic E-state index is 0.101. The van der Waals surface area contributed by atoms with E-state index in [9.17, 15) is 9.59 Å². The summed E-state index contributed by atoms with van der Waals surface area (Å²) in [6.07, 6.45) is 7.31. The molecule has 0 spiro atoms. The van der Waals surface area contributed by atoms with E-state index in [-0.39, 0.29) is 11.8 Å². The van der Waals surface area contributed by atoms with Crippen molar-refractivity contribution in [3.05, 3.63) is 0 Å². The minimum atomic E-state index is -0.653. The van der Waals surface area contributed by atoms with E-state index in [0.717, 1.165) is 38.8 Å². The number of nitrogens with zero attached hydrogens (tertiary/aromatic N) is 3. The molecule has 2 heterocycles. The Balaban J connectivity index is 1.47. The van der Waals surface area contributed by atoms with Crippen LogP contribution < -0.4 is 5.73 Å². The quantitative estimate of drug-likeness (QED) is 0.817. The van der Waals surface area contributed by atoms with E-state index in [1.165, 1.54) is 19.3 Å². The predicted octanol–water partition coefficient (Wildman–Crippen LogP) is 0.415. The number of piperazine rings is 1. The van der Waals surface area contributed by atoms with Gasteiger partial charge in [0, 0.05) is 26.2 Å². The summed E-state index contributed by atoms with van der Waals surface area (Å²) in [5.74, 6) is 0.308. The maximum atomic E-state index is 12.7. The lowest BCUT2D eigenvalue weighted by molar-refractivity contribution is -0.144. The summed E-state index contributed by atoms with van der Waals surface area (Å²) in [4.78, 5) is 31.1. The highest BCUT2D eigenvalue weighted by Gasteiger charge is 2.39. The van der Waals surface area contributed by atoms with E-state index < -0.39 is 5.54 Å². The molecule has 3 fully saturated rings. The second-order valence-electron chi connectivity index (χ2n) is 7.37. The second kappa shape index (κ2) is 7.18. The van der Waals surface area contributed by atoms with Crippen molar-refractivity contribution in [3.8, 4) is 0 Å². The molecule has 2 amide bonds. The zero-order valence-electron chi connectivity index (χ0n) is 14.1. The number of hydrogen-bond donors (Lipinski definition) is 1. The molecule has 6 heteroatoms. The van der Waals surface area contributed by atoms with Crippen LogP contribution in [-0.4, -0.2) is 77.9 Å². The van der Waals surface area contributed by atoms with E-state index in [2.05, 4.69) is 4.90 Å². The lowest BCUT2D eigenvalue weighted by Gasteiger charge is -2.41. The first-order valence-electron chi connectivity index (χ1n) is 9.17. The number of hydrogen-bond acceptors (Lipinski definition) is 4. The summed E-state index contributed by atoms with van der Waals surface area (Å²) < 4.78 is 0. The Labute approximate surface area is 139 Å². The molecular weight excluding hydrogens is 292 g/mol. The summed E-state index contributed by atoms with van der Waals surface area (Å²) in [5, 5.41) is 0.